The van der Waals surface area contributed by atoms with Crippen molar-refractivity contribution in [3.05, 3.63) is 35.4 Å². The maximum atomic E-state index is 5.50. The van der Waals surface area contributed by atoms with Crippen LogP contribution in [0.2, 0.25) is 0 Å². The van der Waals surface area contributed by atoms with Crippen LogP contribution in [-0.4, -0.2) is 85.7 Å². The van der Waals surface area contributed by atoms with Gasteiger partial charge in [-0.25, -0.2) is 0 Å². The number of piperidine rings is 1. The highest BCUT2D eigenvalue weighted by Gasteiger charge is 2.30. The lowest BCUT2D eigenvalue weighted by Crippen LogP contribution is -2.46. The van der Waals surface area contributed by atoms with Crippen LogP contribution in [0.4, 0.5) is 0 Å². The van der Waals surface area contributed by atoms with Gasteiger partial charge in [-0.3, -0.25) is 14.8 Å². The van der Waals surface area contributed by atoms with Gasteiger partial charge in [-0.05, 0) is 43.9 Å². The molecule has 3 aliphatic heterocycles. The summed E-state index contributed by atoms with van der Waals surface area (Å²) in [5, 5.41) is 3.58. The number of guanidine groups is 1. The lowest BCUT2D eigenvalue weighted by Gasteiger charge is -2.33. The molecule has 0 saturated carbocycles. The van der Waals surface area contributed by atoms with E-state index in [-0.39, 0.29) is 0 Å². The fourth-order valence-electron chi connectivity index (χ4n) is 5.08. The van der Waals surface area contributed by atoms with Crippen molar-refractivity contribution < 1.29 is 4.74 Å². The Morgan fingerprint density at radius 1 is 1.03 bits per heavy atom. The number of likely N-dealkylation sites (tertiary alicyclic amines) is 2. The van der Waals surface area contributed by atoms with Crippen LogP contribution in [-0.2, 0) is 17.8 Å². The summed E-state index contributed by atoms with van der Waals surface area (Å²) in [6, 6.07) is 10.5. The second-order valence-electron chi connectivity index (χ2n) is 9.07. The molecule has 1 aromatic rings. The molecule has 4 rings (SSSR count). The third-order valence-electron chi connectivity index (χ3n) is 7.04. The number of rotatable bonds is 5. The molecular weight excluding hydrogens is 374 g/mol. The van der Waals surface area contributed by atoms with Crippen LogP contribution in [0.1, 0.15) is 43.7 Å². The average Bonchev–Trinajstić information content (AvgIpc) is 3.28. The molecule has 3 fully saturated rings. The maximum absolute atomic E-state index is 5.50. The van der Waals surface area contributed by atoms with E-state index >= 15 is 0 Å². The number of ether oxygens (including phenoxy) is 1. The predicted molar refractivity (Wildman–Crippen MR) is 123 cm³/mol. The van der Waals surface area contributed by atoms with E-state index in [1.54, 1.807) is 0 Å². The minimum atomic E-state index is 0.629. The Morgan fingerprint density at radius 2 is 1.80 bits per heavy atom. The first-order valence-electron chi connectivity index (χ1n) is 11.8. The van der Waals surface area contributed by atoms with E-state index in [1.165, 1.54) is 43.4 Å². The van der Waals surface area contributed by atoms with Gasteiger partial charge in [-0.2, -0.15) is 0 Å². The van der Waals surface area contributed by atoms with Crippen LogP contribution < -0.4 is 5.32 Å². The Hall–Kier alpha value is -1.63. The highest BCUT2D eigenvalue weighted by molar-refractivity contribution is 5.80. The molecule has 2 unspecified atom stereocenters. The topological polar surface area (TPSA) is 43.3 Å². The molecule has 0 radical (unpaired) electrons. The summed E-state index contributed by atoms with van der Waals surface area (Å²) >= 11 is 0. The largest absolute Gasteiger partial charge is 0.379 e. The molecule has 30 heavy (non-hydrogen) atoms. The van der Waals surface area contributed by atoms with E-state index in [9.17, 15) is 0 Å². The molecule has 0 aromatic heterocycles. The summed E-state index contributed by atoms with van der Waals surface area (Å²) in [5.41, 5.74) is 2.74. The van der Waals surface area contributed by atoms with E-state index in [1.807, 2.05) is 7.05 Å². The summed E-state index contributed by atoms with van der Waals surface area (Å²) < 4.78 is 5.50. The van der Waals surface area contributed by atoms with Crippen molar-refractivity contribution in [2.75, 3.05) is 53.0 Å². The minimum absolute atomic E-state index is 0.629. The number of benzene rings is 1. The molecule has 1 N–H and O–H groups in total. The fourth-order valence-corrected chi connectivity index (χ4v) is 5.08. The van der Waals surface area contributed by atoms with Gasteiger partial charge in [0.05, 0.1) is 13.2 Å². The first-order valence-corrected chi connectivity index (χ1v) is 11.8. The maximum Gasteiger partial charge on any atom is 0.193 e. The number of hydrogen-bond donors (Lipinski definition) is 1. The molecule has 6 heteroatoms. The number of hydrogen-bond acceptors (Lipinski definition) is 4. The molecule has 0 aliphatic carbocycles. The van der Waals surface area contributed by atoms with Gasteiger partial charge in [-0.15, -0.1) is 0 Å². The van der Waals surface area contributed by atoms with E-state index in [4.69, 9.17) is 4.74 Å². The normalized spacial score (nSPS) is 26.9. The van der Waals surface area contributed by atoms with Crippen molar-refractivity contribution in [3.8, 4) is 0 Å². The number of aliphatic imine (C=N–C) groups is 1. The first-order chi connectivity index (χ1) is 14.7. The van der Waals surface area contributed by atoms with Gasteiger partial charge in [0.1, 0.15) is 0 Å². The van der Waals surface area contributed by atoms with Gasteiger partial charge in [0.25, 0.3) is 0 Å². The standard InChI is InChI=1S/C24H39N5O/c1-20-5-3-4-11-28(20)18-22-8-6-21(7-9-22)17-26-24(25-2)29-12-10-23(19-29)27-13-15-30-16-14-27/h6-9,20,23H,3-5,10-19H2,1-2H3,(H,25,26). The van der Waals surface area contributed by atoms with Crippen molar-refractivity contribution in [2.45, 2.75) is 57.8 Å². The van der Waals surface area contributed by atoms with Crippen LogP contribution in [0.3, 0.4) is 0 Å². The van der Waals surface area contributed by atoms with Crippen molar-refractivity contribution in [1.29, 1.82) is 0 Å². The molecule has 1 aromatic carbocycles. The molecule has 0 amide bonds. The Balaban J connectivity index is 1.25. The van der Waals surface area contributed by atoms with Crippen LogP contribution in [0, 0.1) is 0 Å². The zero-order chi connectivity index (χ0) is 20.8. The number of nitrogens with zero attached hydrogens (tertiary/aromatic N) is 4. The third kappa shape index (κ3) is 5.54. The van der Waals surface area contributed by atoms with E-state index in [0.29, 0.717) is 12.1 Å². The van der Waals surface area contributed by atoms with Crippen LogP contribution in [0.25, 0.3) is 0 Å². The SMILES string of the molecule is CN=C(NCc1ccc(CN2CCCCC2C)cc1)N1CCC(N2CCOCC2)C1. The van der Waals surface area contributed by atoms with Gasteiger partial charge >= 0.3 is 0 Å². The van der Waals surface area contributed by atoms with Crippen molar-refractivity contribution >= 4 is 5.96 Å². The van der Waals surface area contributed by atoms with Gasteiger partial charge in [0, 0.05) is 58.4 Å². The highest BCUT2D eigenvalue weighted by atomic mass is 16.5. The van der Waals surface area contributed by atoms with Crippen LogP contribution >= 0.6 is 0 Å². The van der Waals surface area contributed by atoms with E-state index in [2.05, 4.69) is 56.2 Å². The second kappa shape index (κ2) is 10.6. The summed E-state index contributed by atoms with van der Waals surface area (Å²) in [6.07, 6.45) is 5.27. The summed E-state index contributed by atoms with van der Waals surface area (Å²) in [7, 11) is 1.90. The molecule has 3 aliphatic rings. The predicted octanol–water partition coefficient (Wildman–Crippen LogP) is 2.54. The molecule has 6 nitrogen and oxygen atoms in total. The van der Waals surface area contributed by atoms with E-state index in [0.717, 1.165) is 58.4 Å². The smallest absolute Gasteiger partial charge is 0.193 e. The van der Waals surface area contributed by atoms with Gasteiger partial charge in [-0.1, -0.05) is 30.7 Å². The highest BCUT2D eigenvalue weighted by Crippen LogP contribution is 2.20. The summed E-state index contributed by atoms with van der Waals surface area (Å²) in [6.45, 7) is 11.5. The van der Waals surface area contributed by atoms with Gasteiger partial charge in [0.15, 0.2) is 5.96 Å². The first kappa shape index (κ1) is 21.6. The van der Waals surface area contributed by atoms with Crippen molar-refractivity contribution in [2.24, 2.45) is 4.99 Å². The Labute approximate surface area is 182 Å². The Kier molecular flexibility index (Phi) is 7.63. The molecule has 0 spiro atoms. The summed E-state index contributed by atoms with van der Waals surface area (Å²) in [5.74, 6) is 1.02. The quantitative estimate of drug-likeness (QED) is 0.594. The van der Waals surface area contributed by atoms with Crippen molar-refractivity contribution in [3.63, 3.8) is 0 Å². The van der Waals surface area contributed by atoms with Gasteiger partial charge < -0.3 is 15.0 Å². The zero-order valence-corrected chi connectivity index (χ0v) is 18.9. The van der Waals surface area contributed by atoms with Crippen LogP contribution in [0.5, 0.6) is 0 Å². The Bertz CT molecular complexity index is 685. The molecule has 3 heterocycles. The Morgan fingerprint density at radius 3 is 2.53 bits per heavy atom. The molecular formula is C24H39N5O. The lowest BCUT2D eigenvalue weighted by molar-refractivity contribution is 0.0195. The third-order valence-corrected chi connectivity index (χ3v) is 7.04. The minimum Gasteiger partial charge on any atom is -0.379 e. The molecule has 166 valence electrons. The second-order valence-corrected chi connectivity index (χ2v) is 9.07. The zero-order valence-electron chi connectivity index (χ0n) is 18.9. The van der Waals surface area contributed by atoms with Crippen molar-refractivity contribution in [1.82, 2.24) is 20.0 Å². The fraction of sp³-hybridized carbons (Fsp3) is 0.708. The monoisotopic (exact) mass is 413 g/mol. The lowest BCUT2D eigenvalue weighted by atomic mass is 10.0. The average molecular weight is 414 g/mol. The number of morpholine rings is 1. The van der Waals surface area contributed by atoms with Gasteiger partial charge in [0.2, 0.25) is 0 Å². The molecule has 3 saturated heterocycles. The molecule has 0 bridgehead atoms. The van der Waals surface area contributed by atoms with Crippen LogP contribution in [0.15, 0.2) is 29.3 Å². The molecule has 2 atom stereocenters. The van der Waals surface area contributed by atoms with E-state index < -0.39 is 0 Å². The number of nitrogens with one attached hydrogen (secondary N) is 1. The summed E-state index contributed by atoms with van der Waals surface area (Å²) in [4.78, 5) is 12.2.